The zero-order chi connectivity index (χ0) is 26.0. The number of anilines is 2. The summed E-state index contributed by atoms with van der Waals surface area (Å²) in [5, 5.41) is 1.14. The zero-order valence-electron chi connectivity index (χ0n) is 19.9. The number of halogens is 3. The summed E-state index contributed by atoms with van der Waals surface area (Å²) in [6.07, 6.45) is 1.12. The van der Waals surface area contributed by atoms with Crippen LogP contribution in [0.1, 0.15) is 21.5 Å². The van der Waals surface area contributed by atoms with Crippen molar-refractivity contribution in [1.82, 2.24) is 4.90 Å². The molecule has 0 atom stereocenters. The number of benzene rings is 3. The van der Waals surface area contributed by atoms with E-state index in [-0.39, 0.29) is 22.5 Å². The molecule has 3 aromatic carbocycles. The molecule has 36 heavy (non-hydrogen) atoms. The number of aryl methyl sites for hydroxylation is 1. The minimum atomic E-state index is -3.63. The Morgan fingerprint density at radius 1 is 0.944 bits per heavy atom. The van der Waals surface area contributed by atoms with Gasteiger partial charge in [-0.2, -0.15) is 0 Å². The quantitative estimate of drug-likeness (QED) is 0.374. The third-order valence-corrected chi connectivity index (χ3v) is 8.38. The van der Waals surface area contributed by atoms with Crippen molar-refractivity contribution in [2.24, 2.45) is 0 Å². The highest BCUT2D eigenvalue weighted by Gasteiger charge is 2.24. The van der Waals surface area contributed by atoms with Crippen molar-refractivity contribution in [3.63, 3.8) is 0 Å². The number of rotatable bonds is 6. The molecule has 1 heterocycles. The smallest absolute Gasteiger partial charge is 0.253 e. The molecular formula is C26H26Cl3N3O3S. The Morgan fingerprint density at radius 2 is 1.61 bits per heavy atom. The molecule has 0 radical (unpaired) electrons. The van der Waals surface area contributed by atoms with Gasteiger partial charge in [0.05, 0.1) is 28.5 Å². The van der Waals surface area contributed by atoms with Gasteiger partial charge in [-0.3, -0.25) is 9.10 Å². The number of carbonyl (C=O) groups excluding carboxylic acids is 1. The summed E-state index contributed by atoms with van der Waals surface area (Å²) in [7, 11) is -3.63. The summed E-state index contributed by atoms with van der Waals surface area (Å²) in [6.45, 7) is 4.74. The first-order valence-corrected chi connectivity index (χ1v) is 14.3. The van der Waals surface area contributed by atoms with E-state index >= 15 is 0 Å². The molecule has 0 bridgehead atoms. The van der Waals surface area contributed by atoms with Crippen LogP contribution < -0.4 is 9.21 Å². The highest BCUT2D eigenvalue weighted by molar-refractivity contribution is 7.92. The van der Waals surface area contributed by atoms with Crippen LogP contribution in [-0.4, -0.2) is 51.7 Å². The Kier molecular flexibility index (Phi) is 8.05. The Morgan fingerprint density at radius 3 is 2.25 bits per heavy atom. The minimum absolute atomic E-state index is 0.0538. The van der Waals surface area contributed by atoms with Crippen LogP contribution in [0.4, 0.5) is 11.4 Å². The van der Waals surface area contributed by atoms with Crippen LogP contribution in [0.2, 0.25) is 15.1 Å². The van der Waals surface area contributed by atoms with Gasteiger partial charge in [-0.1, -0.05) is 59.1 Å². The SMILES string of the molecule is Cc1ccc(Cl)cc1N1CCN(C(=O)c2ccc(CN(c3cccc(Cl)c3Cl)S(C)(=O)=O)cc2)CC1. The second-order valence-corrected chi connectivity index (χ2v) is 11.9. The fourth-order valence-electron chi connectivity index (χ4n) is 4.24. The first kappa shape index (κ1) is 26.6. The van der Waals surface area contributed by atoms with Crippen molar-refractivity contribution in [2.45, 2.75) is 13.5 Å². The van der Waals surface area contributed by atoms with Crippen LogP contribution in [0.5, 0.6) is 0 Å². The predicted octanol–water partition coefficient (Wildman–Crippen LogP) is 5.88. The summed E-state index contributed by atoms with van der Waals surface area (Å²) in [5.74, 6) is -0.0538. The average molecular weight is 567 g/mol. The lowest BCUT2D eigenvalue weighted by Crippen LogP contribution is -2.49. The van der Waals surface area contributed by atoms with Crippen molar-refractivity contribution < 1.29 is 13.2 Å². The van der Waals surface area contributed by atoms with Crippen molar-refractivity contribution >= 4 is 62.1 Å². The molecule has 0 N–H and O–H groups in total. The van der Waals surface area contributed by atoms with Gasteiger partial charge in [-0.15, -0.1) is 0 Å². The van der Waals surface area contributed by atoms with E-state index in [2.05, 4.69) is 11.8 Å². The fraction of sp³-hybridized carbons (Fsp3) is 0.269. The maximum absolute atomic E-state index is 13.1. The zero-order valence-corrected chi connectivity index (χ0v) is 23.0. The van der Waals surface area contributed by atoms with Crippen LogP contribution in [0, 0.1) is 6.92 Å². The molecule has 1 aliphatic rings. The standard InChI is InChI=1S/C26H26Cl3N3O3S/c1-18-6-11-21(27)16-24(18)30-12-14-31(15-13-30)26(33)20-9-7-19(8-10-20)17-32(36(2,34)35)23-5-3-4-22(28)25(23)29/h3-11,16H,12-15,17H2,1-2H3. The summed E-state index contributed by atoms with van der Waals surface area (Å²) in [6, 6.07) is 17.7. The van der Waals surface area contributed by atoms with Crippen LogP contribution in [0.15, 0.2) is 60.7 Å². The monoisotopic (exact) mass is 565 g/mol. The van der Waals surface area contributed by atoms with Crippen molar-refractivity contribution in [1.29, 1.82) is 0 Å². The third kappa shape index (κ3) is 5.92. The largest absolute Gasteiger partial charge is 0.368 e. The number of piperazine rings is 1. The first-order chi connectivity index (χ1) is 17.0. The second-order valence-electron chi connectivity index (χ2n) is 8.75. The molecule has 6 nitrogen and oxygen atoms in total. The minimum Gasteiger partial charge on any atom is -0.368 e. The molecule has 0 aromatic heterocycles. The normalized spacial score (nSPS) is 14.1. The summed E-state index contributed by atoms with van der Waals surface area (Å²) >= 11 is 18.5. The van der Waals surface area contributed by atoms with Crippen molar-refractivity contribution in [3.05, 3.63) is 92.4 Å². The average Bonchev–Trinajstić information content (AvgIpc) is 2.85. The molecule has 0 aliphatic carbocycles. The lowest BCUT2D eigenvalue weighted by atomic mass is 10.1. The molecule has 190 valence electrons. The van der Waals surface area contributed by atoms with Crippen molar-refractivity contribution in [3.8, 4) is 0 Å². The van der Waals surface area contributed by atoms with E-state index < -0.39 is 10.0 Å². The Bertz CT molecular complexity index is 1370. The number of nitrogens with zero attached hydrogens (tertiary/aromatic N) is 3. The molecule has 1 aliphatic heterocycles. The lowest BCUT2D eigenvalue weighted by Gasteiger charge is -2.37. The van der Waals surface area contributed by atoms with Gasteiger partial charge in [0, 0.05) is 42.5 Å². The molecule has 10 heteroatoms. The lowest BCUT2D eigenvalue weighted by molar-refractivity contribution is 0.0746. The Hall–Kier alpha value is -2.45. The number of carbonyl (C=O) groups is 1. The summed E-state index contributed by atoms with van der Waals surface area (Å²) in [5.41, 5.74) is 3.82. The second kappa shape index (κ2) is 10.9. The molecule has 3 aromatic rings. The van der Waals surface area contributed by atoms with E-state index in [9.17, 15) is 13.2 Å². The van der Waals surface area contributed by atoms with Gasteiger partial charge in [0.15, 0.2) is 0 Å². The maximum Gasteiger partial charge on any atom is 0.253 e. The van der Waals surface area contributed by atoms with Gasteiger partial charge in [-0.25, -0.2) is 8.42 Å². The molecular weight excluding hydrogens is 541 g/mol. The predicted molar refractivity (Wildman–Crippen MR) is 148 cm³/mol. The molecule has 0 saturated carbocycles. The number of sulfonamides is 1. The fourth-order valence-corrected chi connectivity index (χ4v) is 5.75. The van der Waals surface area contributed by atoms with Crippen molar-refractivity contribution in [2.75, 3.05) is 41.6 Å². The van der Waals surface area contributed by atoms with E-state index in [0.717, 1.165) is 17.5 Å². The molecule has 0 unspecified atom stereocenters. The van der Waals surface area contributed by atoms with E-state index in [1.165, 1.54) is 4.31 Å². The van der Waals surface area contributed by atoms with Crippen LogP contribution in [0.3, 0.4) is 0 Å². The number of hydrogen-bond acceptors (Lipinski definition) is 4. The molecule has 1 fully saturated rings. The first-order valence-electron chi connectivity index (χ1n) is 11.4. The molecule has 1 amide bonds. The van der Waals surface area contributed by atoms with Gasteiger partial charge >= 0.3 is 0 Å². The van der Waals surface area contributed by atoms with Gasteiger partial charge in [0.25, 0.3) is 5.91 Å². The van der Waals surface area contributed by atoms with Crippen LogP contribution in [-0.2, 0) is 16.6 Å². The molecule has 0 spiro atoms. The van der Waals surface area contributed by atoms with E-state index in [4.69, 9.17) is 34.8 Å². The summed E-state index contributed by atoms with van der Waals surface area (Å²) < 4.78 is 26.2. The van der Waals surface area contributed by atoms with Gasteiger partial charge < -0.3 is 9.80 Å². The molecule has 1 saturated heterocycles. The van der Waals surface area contributed by atoms with Crippen LogP contribution >= 0.6 is 34.8 Å². The van der Waals surface area contributed by atoms with Gasteiger partial charge in [-0.05, 0) is 54.4 Å². The Labute approximate surface area is 227 Å². The highest BCUT2D eigenvalue weighted by Crippen LogP contribution is 2.34. The Balaban J connectivity index is 1.44. The van der Waals surface area contributed by atoms with E-state index in [0.29, 0.717) is 48.0 Å². The topological polar surface area (TPSA) is 60.9 Å². The molecule has 4 rings (SSSR count). The van der Waals surface area contributed by atoms with Gasteiger partial charge in [0.1, 0.15) is 0 Å². The van der Waals surface area contributed by atoms with Crippen LogP contribution in [0.25, 0.3) is 0 Å². The van der Waals surface area contributed by atoms with Gasteiger partial charge in [0.2, 0.25) is 10.0 Å². The number of hydrogen-bond donors (Lipinski definition) is 0. The number of amides is 1. The highest BCUT2D eigenvalue weighted by atomic mass is 35.5. The third-order valence-electron chi connectivity index (χ3n) is 6.21. The summed E-state index contributed by atoms with van der Waals surface area (Å²) in [4.78, 5) is 17.2. The maximum atomic E-state index is 13.1. The van der Waals surface area contributed by atoms with E-state index in [1.807, 2.05) is 23.1 Å². The van der Waals surface area contributed by atoms with E-state index in [1.54, 1.807) is 42.5 Å².